The third kappa shape index (κ3) is 4.23. The van der Waals surface area contributed by atoms with Gasteiger partial charge in [-0.1, -0.05) is 22.0 Å². The van der Waals surface area contributed by atoms with E-state index in [4.69, 9.17) is 10.5 Å². The highest BCUT2D eigenvalue weighted by Crippen LogP contribution is 2.24. The third-order valence-corrected chi connectivity index (χ3v) is 3.58. The van der Waals surface area contributed by atoms with Crippen LogP contribution in [0.15, 0.2) is 40.9 Å². The molecule has 0 spiro atoms. The molecule has 2 aromatic carbocycles. The van der Waals surface area contributed by atoms with Crippen LogP contribution in [0.5, 0.6) is 5.75 Å². The molecule has 0 aliphatic carbocycles. The Morgan fingerprint density at radius 2 is 1.86 bits per heavy atom. The molecule has 110 valence electrons. The number of nitrogens with one attached hydrogen (secondary N) is 1. The van der Waals surface area contributed by atoms with Crippen LogP contribution in [0.25, 0.3) is 0 Å². The van der Waals surface area contributed by atoms with E-state index in [1.807, 2.05) is 44.2 Å². The molecule has 0 atom stereocenters. The van der Waals surface area contributed by atoms with Gasteiger partial charge in [-0.2, -0.15) is 0 Å². The lowest BCUT2D eigenvalue weighted by molar-refractivity contribution is -0.118. The number of benzene rings is 2. The van der Waals surface area contributed by atoms with Gasteiger partial charge in [0.15, 0.2) is 6.61 Å². The number of hydrogen-bond acceptors (Lipinski definition) is 3. The number of carbonyl (C=O) groups is 1. The first-order valence-corrected chi connectivity index (χ1v) is 7.30. The number of anilines is 2. The van der Waals surface area contributed by atoms with Gasteiger partial charge >= 0.3 is 0 Å². The van der Waals surface area contributed by atoms with E-state index < -0.39 is 0 Å². The molecule has 2 rings (SSSR count). The summed E-state index contributed by atoms with van der Waals surface area (Å²) in [4.78, 5) is 11.9. The maximum Gasteiger partial charge on any atom is 0.262 e. The Labute approximate surface area is 132 Å². The van der Waals surface area contributed by atoms with Gasteiger partial charge in [0.2, 0.25) is 0 Å². The molecule has 0 bridgehead atoms. The normalized spacial score (nSPS) is 10.2. The number of aryl methyl sites for hydroxylation is 2. The van der Waals surface area contributed by atoms with E-state index in [1.165, 1.54) is 0 Å². The van der Waals surface area contributed by atoms with Crippen molar-refractivity contribution in [2.75, 3.05) is 17.7 Å². The predicted octanol–water partition coefficient (Wildman–Crippen LogP) is 3.67. The minimum Gasteiger partial charge on any atom is -0.483 e. The van der Waals surface area contributed by atoms with Gasteiger partial charge in [-0.3, -0.25) is 4.79 Å². The molecule has 0 aromatic heterocycles. The summed E-state index contributed by atoms with van der Waals surface area (Å²) in [6.45, 7) is 3.81. The number of halogens is 1. The SMILES string of the molecule is Cc1cc(C)c(OCC(=O)Nc2ccc(Br)cc2)cc1N. The molecule has 0 fully saturated rings. The Bertz CT molecular complexity index is 654. The van der Waals surface area contributed by atoms with Crippen molar-refractivity contribution in [2.24, 2.45) is 0 Å². The van der Waals surface area contributed by atoms with Gasteiger partial charge in [-0.05, 0) is 49.2 Å². The first-order valence-electron chi connectivity index (χ1n) is 6.50. The standard InChI is InChI=1S/C16H17BrN2O2/c1-10-7-11(2)15(8-14(10)18)21-9-16(20)19-13-5-3-12(17)4-6-13/h3-8H,9,18H2,1-2H3,(H,19,20). The maximum absolute atomic E-state index is 11.9. The lowest BCUT2D eigenvalue weighted by Gasteiger charge is -2.11. The Kier molecular flexibility index (Phi) is 4.85. The lowest BCUT2D eigenvalue weighted by atomic mass is 10.1. The summed E-state index contributed by atoms with van der Waals surface area (Å²) in [5.74, 6) is 0.417. The second-order valence-electron chi connectivity index (χ2n) is 4.82. The van der Waals surface area contributed by atoms with E-state index in [0.717, 1.165) is 21.3 Å². The molecule has 0 aliphatic rings. The van der Waals surface area contributed by atoms with Gasteiger partial charge in [0, 0.05) is 21.9 Å². The van der Waals surface area contributed by atoms with Gasteiger partial charge in [0.25, 0.3) is 5.91 Å². The van der Waals surface area contributed by atoms with Gasteiger partial charge in [-0.15, -0.1) is 0 Å². The van der Waals surface area contributed by atoms with Crippen LogP contribution in [0.2, 0.25) is 0 Å². The van der Waals surface area contributed by atoms with Crippen LogP contribution in [-0.2, 0) is 4.79 Å². The Balaban J connectivity index is 1.95. The van der Waals surface area contributed by atoms with Crippen LogP contribution in [0.1, 0.15) is 11.1 Å². The van der Waals surface area contributed by atoms with Crippen molar-refractivity contribution in [2.45, 2.75) is 13.8 Å². The molecule has 2 aromatic rings. The monoisotopic (exact) mass is 348 g/mol. The molecule has 21 heavy (non-hydrogen) atoms. The van der Waals surface area contributed by atoms with Crippen molar-refractivity contribution in [3.8, 4) is 5.75 Å². The summed E-state index contributed by atoms with van der Waals surface area (Å²) < 4.78 is 6.49. The highest BCUT2D eigenvalue weighted by Gasteiger charge is 2.07. The van der Waals surface area contributed by atoms with Crippen molar-refractivity contribution in [3.63, 3.8) is 0 Å². The van der Waals surface area contributed by atoms with Crippen LogP contribution >= 0.6 is 15.9 Å². The molecule has 0 heterocycles. The molecule has 0 saturated carbocycles. The molecular weight excluding hydrogens is 332 g/mol. The summed E-state index contributed by atoms with van der Waals surface area (Å²) >= 11 is 3.34. The number of nitrogen functional groups attached to an aromatic ring is 1. The predicted molar refractivity (Wildman–Crippen MR) is 88.6 cm³/mol. The van der Waals surface area contributed by atoms with Crippen LogP contribution in [0.4, 0.5) is 11.4 Å². The molecular formula is C16H17BrN2O2. The fourth-order valence-electron chi connectivity index (χ4n) is 1.88. The van der Waals surface area contributed by atoms with Crippen molar-refractivity contribution < 1.29 is 9.53 Å². The Morgan fingerprint density at radius 3 is 2.52 bits per heavy atom. The molecule has 3 N–H and O–H groups in total. The first kappa shape index (κ1) is 15.4. The number of carbonyl (C=O) groups excluding carboxylic acids is 1. The average Bonchev–Trinajstić information content (AvgIpc) is 2.44. The number of ether oxygens (including phenoxy) is 1. The van der Waals surface area contributed by atoms with Gasteiger partial charge < -0.3 is 15.8 Å². The van der Waals surface area contributed by atoms with Crippen LogP contribution in [-0.4, -0.2) is 12.5 Å². The zero-order chi connectivity index (χ0) is 15.4. The number of hydrogen-bond donors (Lipinski definition) is 2. The summed E-state index contributed by atoms with van der Waals surface area (Å²) in [7, 11) is 0. The van der Waals surface area contributed by atoms with E-state index in [0.29, 0.717) is 11.4 Å². The molecule has 0 radical (unpaired) electrons. The van der Waals surface area contributed by atoms with Crippen molar-refractivity contribution in [3.05, 3.63) is 52.0 Å². The minimum absolute atomic E-state index is 0.0561. The van der Waals surface area contributed by atoms with Crippen molar-refractivity contribution in [1.82, 2.24) is 0 Å². The average molecular weight is 349 g/mol. The summed E-state index contributed by atoms with van der Waals surface area (Å²) in [5, 5.41) is 2.77. The quantitative estimate of drug-likeness (QED) is 0.828. The molecule has 1 amide bonds. The van der Waals surface area contributed by atoms with E-state index in [2.05, 4.69) is 21.2 Å². The lowest BCUT2D eigenvalue weighted by Crippen LogP contribution is -2.20. The molecule has 0 unspecified atom stereocenters. The zero-order valence-corrected chi connectivity index (χ0v) is 13.5. The molecule has 4 nitrogen and oxygen atoms in total. The summed E-state index contributed by atoms with van der Waals surface area (Å²) in [6.07, 6.45) is 0. The van der Waals surface area contributed by atoms with Crippen LogP contribution in [0, 0.1) is 13.8 Å². The molecule has 0 aliphatic heterocycles. The largest absolute Gasteiger partial charge is 0.483 e. The Morgan fingerprint density at radius 1 is 1.19 bits per heavy atom. The number of nitrogens with two attached hydrogens (primary N) is 1. The summed E-state index contributed by atoms with van der Waals surface area (Å²) in [6, 6.07) is 11.0. The highest BCUT2D eigenvalue weighted by atomic mass is 79.9. The number of rotatable bonds is 4. The molecule has 5 heteroatoms. The molecule has 0 saturated heterocycles. The highest BCUT2D eigenvalue weighted by molar-refractivity contribution is 9.10. The van der Waals surface area contributed by atoms with Crippen LogP contribution in [0.3, 0.4) is 0 Å². The second kappa shape index (κ2) is 6.63. The van der Waals surface area contributed by atoms with Crippen molar-refractivity contribution in [1.29, 1.82) is 0 Å². The second-order valence-corrected chi connectivity index (χ2v) is 5.73. The van der Waals surface area contributed by atoms with Gasteiger partial charge in [-0.25, -0.2) is 0 Å². The van der Waals surface area contributed by atoms with Crippen molar-refractivity contribution >= 4 is 33.2 Å². The zero-order valence-electron chi connectivity index (χ0n) is 11.9. The third-order valence-electron chi connectivity index (χ3n) is 3.05. The van der Waals surface area contributed by atoms with E-state index >= 15 is 0 Å². The summed E-state index contributed by atoms with van der Waals surface area (Å²) in [5.41, 5.74) is 9.19. The smallest absolute Gasteiger partial charge is 0.262 e. The topological polar surface area (TPSA) is 64.3 Å². The Hall–Kier alpha value is -2.01. The van der Waals surface area contributed by atoms with Gasteiger partial charge in [0.1, 0.15) is 5.75 Å². The van der Waals surface area contributed by atoms with E-state index in [9.17, 15) is 4.79 Å². The fourth-order valence-corrected chi connectivity index (χ4v) is 2.14. The van der Waals surface area contributed by atoms with E-state index in [-0.39, 0.29) is 12.5 Å². The number of amides is 1. The first-order chi connectivity index (χ1) is 9.95. The fraction of sp³-hybridized carbons (Fsp3) is 0.188. The van der Waals surface area contributed by atoms with Gasteiger partial charge in [0.05, 0.1) is 0 Å². The minimum atomic E-state index is -0.212. The maximum atomic E-state index is 11.9. The van der Waals surface area contributed by atoms with Crippen LogP contribution < -0.4 is 15.8 Å². The van der Waals surface area contributed by atoms with E-state index in [1.54, 1.807) is 6.07 Å².